The normalized spacial score (nSPS) is 29.4. The van der Waals surface area contributed by atoms with Crippen LogP contribution in [0.25, 0.3) is 0 Å². The average Bonchev–Trinajstić information content (AvgIpc) is 2.72. The van der Waals surface area contributed by atoms with Crippen LogP contribution in [0.1, 0.15) is 37.5 Å². The minimum Gasteiger partial charge on any atom is -0.398 e. The van der Waals surface area contributed by atoms with Gasteiger partial charge < -0.3 is 16.2 Å². The molecule has 1 aliphatic rings. The summed E-state index contributed by atoms with van der Waals surface area (Å²) in [5.41, 5.74) is 6.65. The Morgan fingerprint density at radius 1 is 1.65 bits per heavy atom. The van der Waals surface area contributed by atoms with Gasteiger partial charge in [0.25, 0.3) is 0 Å². The Kier molecular flexibility index (Phi) is 4.07. The molecule has 0 radical (unpaired) electrons. The van der Waals surface area contributed by atoms with Crippen molar-refractivity contribution in [3.63, 3.8) is 0 Å². The molecule has 1 fully saturated rings. The van der Waals surface area contributed by atoms with Crippen molar-refractivity contribution in [2.45, 2.75) is 44.7 Å². The Hall–Kier alpha value is -0.580. The molecule has 0 aliphatic heterocycles. The van der Waals surface area contributed by atoms with Gasteiger partial charge >= 0.3 is 0 Å². The lowest BCUT2D eigenvalue weighted by Crippen LogP contribution is -2.51. The van der Waals surface area contributed by atoms with E-state index in [4.69, 9.17) is 5.73 Å². The molecule has 2 rings (SSSR count). The third kappa shape index (κ3) is 3.00. The van der Waals surface area contributed by atoms with Crippen LogP contribution in [0.3, 0.4) is 0 Å². The Labute approximate surface area is 107 Å². The summed E-state index contributed by atoms with van der Waals surface area (Å²) in [4.78, 5) is 1.18. The number of aliphatic hydroxyl groups is 1. The Morgan fingerprint density at radius 2 is 2.47 bits per heavy atom. The molecular formula is C13H22N2OS. The lowest BCUT2D eigenvalue weighted by molar-refractivity contribution is 0.0985. The minimum atomic E-state index is -0.0892. The van der Waals surface area contributed by atoms with E-state index in [1.165, 1.54) is 17.7 Å². The number of thiophene rings is 1. The van der Waals surface area contributed by atoms with Crippen molar-refractivity contribution in [3.8, 4) is 0 Å². The second kappa shape index (κ2) is 5.38. The molecule has 0 spiro atoms. The van der Waals surface area contributed by atoms with Gasteiger partial charge in [0.05, 0.1) is 6.61 Å². The number of nitrogens with two attached hydrogens (primary N) is 1. The number of rotatable bonds is 4. The van der Waals surface area contributed by atoms with E-state index >= 15 is 0 Å². The molecule has 2 unspecified atom stereocenters. The van der Waals surface area contributed by atoms with E-state index in [0.29, 0.717) is 5.92 Å². The molecule has 0 amide bonds. The van der Waals surface area contributed by atoms with Crippen molar-refractivity contribution >= 4 is 17.0 Å². The Bertz CT molecular complexity index is 366. The highest BCUT2D eigenvalue weighted by atomic mass is 32.1. The van der Waals surface area contributed by atoms with E-state index in [-0.39, 0.29) is 12.1 Å². The molecule has 3 nitrogen and oxygen atoms in total. The summed E-state index contributed by atoms with van der Waals surface area (Å²) in [5.74, 6) is 0.698. The molecule has 4 heteroatoms. The molecule has 1 aliphatic carbocycles. The summed E-state index contributed by atoms with van der Waals surface area (Å²) in [7, 11) is 0. The highest BCUT2D eigenvalue weighted by molar-refractivity contribution is 7.10. The lowest BCUT2D eigenvalue weighted by Gasteiger charge is -2.39. The third-order valence-electron chi connectivity index (χ3n) is 3.80. The van der Waals surface area contributed by atoms with Gasteiger partial charge in [-0.15, -0.1) is 11.3 Å². The maximum absolute atomic E-state index is 9.67. The fourth-order valence-electron chi connectivity index (χ4n) is 2.78. The van der Waals surface area contributed by atoms with Crippen molar-refractivity contribution in [2.24, 2.45) is 5.92 Å². The second-order valence-corrected chi connectivity index (χ2v) is 6.29. The summed E-state index contributed by atoms with van der Waals surface area (Å²) in [6.45, 7) is 3.27. The van der Waals surface area contributed by atoms with Gasteiger partial charge in [-0.3, -0.25) is 0 Å². The molecule has 1 heterocycles. The number of nitrogens with one attached hydrogen (secondary N) is 1. The van der Waals surface area contributed by atoms with Gasteiger partial charge in [-0.05, 0) is 30.2 Å². The summed E-state index contributed by atoms with van der Waals surface area (Å²) in [6, 6.07) is 1.94. The highest BCUT2D eigenvalue weighted by Gasteiger charge is 2.33. The Morgan fingerprint density at radius 3 is 3.06 bits per heavy atom. The first kappa shape index (κ1) is 12.9. The SMILES string of the molecule is CC1CCCC(CO)(NCc2sccc2N)C1. The molecule has 4 N–H and O–H groups in total. The monoisotopic (exact) mass is 254 g/mol. The second-order valence-electron chi connectivity index (χ2n) is 5.29. The van der Waals surface area contributed by atoms with Gasteiger partial charge in [-0.1, -0.05) is 19.8 Å². The first-order chi connectivity index (χ1) is 8.15. The third-order valence-corrected chi connectivity index (χ3v) is 4.73. The van der Waals surface area contributed by atoms with Crippen LogP contribution >= 0.6 is 11.3 Å². The van der Waals surface area contributed by atoms with E-state index in [0.717, 1.165) is 25.1 Å². The van der Waals surface area contributed by atoms with Crippen LogP contribution in [0, 0.1) is 5.92 Å². The number of nitrogen functional groups attached to an aromatic ring is 1. The van der Waals surface area contributed by atoms with Gasteiger partial charge in [0.2, 0.25) is 0 Å². The summed E-state index contributed by atoms with van der Waals surface area (Å²) < 4.78 is 0. The Balaban J connectivity index is 1.97. The van der Waals surface area contributed by atoms with Crippen LogP contribution < -0.4 is 11.1 Å². The predicted octanol–water partition coefficient (Wildman–Crippen LogP) is 2.36. The van der Waals surface area contributed by atoms with E-state index in [9.17, 15) is 5.11 Å². The summed E-state index contributed by atoms with van der Waals surface area (Å²) in [5, 5.41) is 15.2. The highest BCUT2D eigenvalue weighted by Crippen LogP contribution is 2.32. The zero-order valence-electron chi connectivity index (χ0n) is 10.4. The zero-order chi connectivity index (χ0) is 12.3. The largest absolute Gasteiger partial charge is 0.398 e. The fourth-order valence-corrected chi connectivity index (χ4v) is 3.52. The predicted molar refractivity (Wildman–Crippen MR) is 73.0 cm³/mol. The van der Waals surface area contributed by atoms with Crippen LogP contribution in [0.5, 0.6) is 0 Å². The molecule has 1 saturated carbocycles. The number of hydrogen-bond acceptors (Lipinski definition) is 4. The molecule has 0 aromatic carbocycles. The average molecular weight is 254 g/mol. The standard InChI is InChI=1S/C13H22N2OS/c1-10-3-2-5-13(7-10,9-16)15-8-12-11(14)4-6-17-12/h4,6,10,15-16H,2-3,5,7-9,14H2,1H3. The number of aliphatic hydroxyl groups excluding tert-OH is 1. The molecule has 0 bridgehead atoms. The maximum atomic E-state index is 9.67. The van der Waals surface area contributed by atoms with Crippen LogP contribution in [-0.4, -0.2) is 17.3 Å². The molecule has 96 valence electrons. The molecule has 1 aromatic heterocycles. The topological polar surface area (TPSA) is 58.3 Å². The smallest absolute Gasteiger partial charge is 0.0613 e. The maximum Gasteiger partial charge on any atom is 0.0613 e. The molecule has 17 heavy (non-hydrogen) atoms. The van der Waals surface area contributed by atoms with Gasteiger partial charge in [0.15, 0.2) is 0 Å². The molecular weight excluding hydrogens is 232 g/mol. The minimum absolute atomic E-state index is 0.0892. The lowest BCUT2D eigenvalue weighted by atomic mass is 9.77. The van der Waals surface area contributed by atoms with E-state index in [1.54, 1.807) is 11.3 Å². The first-order valence-electron chi connectivity index (χ1n) is 6.33. The number of hydrogen-bond donors (Lipinski definition) is 3. The molecule has 0 saturated heterocycles. The van der Waals surface area contributed by atoms with Gasteiger partial charge in [-0.2, -0.15) is 0 Å². The van der Waals surface area contributed by atoms with Gasteiger partial charge in [0.1, 0.15) is 0 Å². The van der Waals surface area contributed by atoms with Gasteiger partial charge in [0, 0.05) is 22.6 Å². The molecule has 2 atom stereocenters. The quantitative estimate of drug-likeness (QED) is 0.773. The number of anilines is 1. The summed E-state index contributed by atoms with van der Waals surface area (Å²) in [6.07, 6.45) is 4.62. The fraction of sp³-hybridized carbons (Fsp3) is 0.692. The zero-order valence-corrected chi connectivity index (χ0v) is 11.2. The van der Waals surface area contributed by atoms with Crippen molar-refractivity contribution in [2.75, 3.05) is 12.3 Å². The van der Waals surface area contributed by atoms with Crippen LogP contribution in [0.15, 0.2) is 11.4 Å². The summed E-state index contributed by atoms with van der Waals surface area (Å²) >= 11 is 1.68. The van der Waals surface area contributed by atoms with Crippen molar-refractivity contribution in [1.82, 2.24) is 5.32 Å². The van der Waals surface area contributed by atoms with Crippen LogP contribution in [-0.2, 0) is 6.54 Å². The van der Waals surface area contributed by atoms with Crippen molar-refractivity contribution in [3.05, 3.63) is 16.3 Å². The van der Waals surface area contributed by atoms with Crippen molar-refractivity contribution < 1.29 is 5.11 Å². The van der Waals surface area contributed by atoms with Crippen LogP contribution in [0.4, 0.5) is 5.69 Å². The van der Waals surface area contributed by atoms with E-state index < -0.39 is 0 Å². The molecule has 1 aromatic rings. The van der Waals surface area contributed by atoms with Gasteiger partial charge in [-0.25, -0.2) is 0 Å². The van der Waals surface area contributed by atoms with Crippen molar-refractivity contribution in [1.29, 1.82) is 0 Å². The first-order valence-corrected chi connectivity index (χ1v) is 7.21. The van der Waals surface area contributed by atoms with Crippen LogP contribution in [0.2, 0.25) is 0 Å². The van der Waals surface area contributed by atoms with E-state index in [1.807, 2.05) is 11.4 Å². The van der Waals surface area contributed by atoms with E-state index in [2.05, 4.69) is 12.2 Å².